The van der Waals surface area contributed by atoms with Gasteiger partial charge in [-0.15, -0.1) is 0 Å². The average Bonchev–Trinajstić information content (AvgIpc) is 2.29. The quantitative estimate of drug-likeness (QED) is 0.546. The van der Waals surface area contributed by atoms with Crippen molar-refractivity contribution in [3.8, 4) is 0 Å². The third kappa shape index (κ3) is 3.77. The highest BCUT2D eigenvalue weighted by molar-refractivity contribution is 5.54. The van der Waals surface area contributed by atoms with Crippen LogP contribution in [0.3, 0.4) is 0 Å². The second-order valence-electron chi connectivity index (χ2n) is 3.26. The van der Waals surface area contributed by atoms with Crippen LogP contribution in [0.5, 0.6) is 0 Å². The first-order valence-electron chi connectivity index (χ1n) is 4.95. The lowest BCUT2D eigenvalue weighted by Gasteiger charge is -2.19. The van der Waals surface area contributed by atoms with Crippen molar-refractivity contribution in [1.29, 1.82) is 0 Å². The molecule has 0 fully saturated rings. The van der Waals surface area contributed by atoms with E-state index >= 15 is 0 Å². The molecule has 0 aliphatic rings. The maximum Gasteiger partial charge on any atom is 0.143 e. The lowest BCUT2D eigenvalue weighted by Crippen LogP contribution is -2.22. The van der Waals surface area contributed by atoms with Gasteiger partial charge in [0.1, 0.15) is 6.79 Å². The van der Waals surface area contributed by atoms with E-state index in [1.54, 1.807) is 0 Å². The molecule has 84 valence electrons. The Bertz CT molecular complexity index is 274. The maximum absolute atomic E-state index is 8.47. The van der Waals surface area contributed by atoms with Crippen molar-refractivity contribution in [1.82, 2.24) is 0 Å². The highest BCUT2D eigenvalue weighted by Crippen LogP contribution is 2.15. The Morgan fingerprint density at radius 3 is 2.53 bits per heavy atom. The Labute approximate surface area is 90.5 Å². The van der Waals surface area contributed by atoms with Crippen molar-refractivity contribution >= 4 is 11.4 Å². The molecule has 0 aromatic heterocycles. The molecule has 4 nitrogen and oxygen atoms in total. The number of aliphatic hydroxyl groups excluding tert-OH is 1. The number of nitrogens with one attached hydrogen (secondary N) is 1. The molecule has 2 N–H and O–H groups in total. The second-order valence-corrected chi connectivity index (χ2v) is 3.26. The summed E-state index contributed by atoms with van der Waals surface area (Å²) in [7, 11) is 3.89. The fourth-order valence-electron chi connectivity index (χ4n) is 1.28. The number of hydrogen-bond donors (Lipinski definition) is 2. The van der Waals surface area contributed by atoms with Crippen LogP contribution in [-0.2, 0) is 4.74 Å². The first-order chi connectivity index (χ1) is 7.27. The minimum Gasteiger partial charge on any atom is -0.388 e. The number of likely N-dealkylation sites (N-methyl/N-ethyl adjacent to an activating group) is 1. The van der Waals surface area contributed by atoms with Crippen LogP contribution in [0.25, 0.3) is 0 Å². The van der Waals surface area contributed by atoms with Gasteiger partial charge in [0, 0.05) is 32.0 Å². The number of nitrogens with zero attached hydrogens (tertiary/aromatic N) is 1. The van der Waals surface area contributed by atoms with Crippen molar-refractivity contribution in [3.05, 3.63) is 24.3 Å². The molecule has 0 aliphatic carbocycles. The number of aliphatic hydroxyl groups is 1. The molecule has 0 amide bonds. The van der Waals surface area contributed by atoms with Crippen LogP contribution in [0.1, 0.15) is 0 Å². The lowest BCUT2D eigenvalue weighted by atomic mass is 10.2. The van der Waals surface area contributed by atoms with Gasteiger partial charge in [-0.05, 0) is 24.3 Å². The maximum atomic E-state index is 8.47. The normalized spacial score (nSPS) is 10.1. The van der Waals surface area contributed by atoms with Crippen LogP contribution >= 0.6 is 0 Å². The fourth-order valence-corrected chi connectivity index (χ4v) is 1.28. The number of benzene rings is 1. The van der Waals surface area contributed by atoms with E-state index in [4.69, 9.17) is 9.84 Å². The Morgan fingerprint density at radius 1 is 1.33 bits per heavy atom. The number of hydrogen-bond acceptors (Lipinski definition) is 4. The van der Waals surface area contributed by atoms with E-state index in [0.29, 0.717) is 6.61 Å². The highest BCUT2D eigenvalue weighted by atomic mass is 16.6. The predicted molar refractivity (Wildman–Crippen MR) is 62.3 cm³/mol. The molecule has 1 aromatic rings. The molecule has 0 heterocycles. The van der Waals surface area contributed by atoms with Crippen LogP contribution in [0.15, 0.2) is 24.3 Å². The lowest BCUT2D eigenvalue weighted by molar-refractivity contribution is 0.00244. The predicted octanol–water partition coefficient (Wildman–Crippen LogP) is 1.13. The SMILES string of the molecule is CNc1ccc(N(C)CCOCO)cc1. The smallest absolute Gasteiger partial charge is 0.143 e. The zero-order chi connectivity index (χ0) is 11.1. The Morgan fingerprint density at radius 2 is 2.00 bits per heavy atom. The molecule has 0 saturated carbocycles. The average molecular weight is 210 g/mol. The summed E-state index contributed by atoms with van der Waals surface area (Å²) >= 11 is 0. The minimum atomic E-state index is -0.216. The first-order valence-corrected chi connectivity index (χ1v) is 4.95. The molecule has 4 heteroatoms. The van der Waals surface area contributed by atoms with Gasteiger partial charge in [-0.3, -0.25) is 0 Å². The molecule has 0 spiro atoms. The summed E-state index contributed by atoms with van der Waals surface area (Å²) in [5.41, 5.74) is 2.23. The van der Waals surface area contributed by atoms with Gasteiger partial charge in [0.25, 0.3) is 0 Å². The van der Waals surface area contributed by atoms with Gasteiger partial charge in [0.05, 0.1) is 6.61 Å². The molecule has 0 atom stereocenters. The van der Waals surface area contributed by atoms with Crippen LogP contribution in [0, 0.1) is 0 Å². The summed E-state index contributed by atoms with van der Waals surface area (Å²) in [6, 6.07) is 8.15. The summed E-state index contributed by atoms with van der Waals surface area (Å²) in [6.45, 7) is 1.08. The zero-order valence-electron chi connectivity index (χ0n) is 9.23. The van der Waals surface area contributed by atoms with Crippen molar-refractivity contribution < 1.29 is 9.84 Å². The van der Waals surface area contributed by atoms with Crippen LogP contribution in [0.4, 0.5) is 11.4 Å². The van der Waals surface area contributed by atoms with E-state index < -0.39 is 0 Å². The number of rotatable bonds is 6. The van der Waals surface area contributed by atoms with Crippen molar-refractivity contribution in [2.24, 2.45) is 0 Å². The van der Waals surface area contributed by atoms with Crippen molar-refractivity contribution in [2.45, 2.75) is 0 Å². The molecule has 1 rings (SSSR count). The Balaban J connectivity index is 2.46. The van der Waals surface area contributed by atoms with E-state index in [0.717, 1.165) is 17.9 Å². The summed E-state index contributed by atoms with van der Waals surface area (Å²) in [4.78, 5) is 2.08. The molecule has 0 bridgehead atoms. The summed E-state index contributed by atoms with van der Waals surface area (Å²) in [6.07, 6.45) is 0. The highest BCUT2D eigenvalue weighted by Gasteiger charge is 1.99. The number of anilines is 2. The molecule has 1 aromatic carbocycles. The van der Waals surface area contributed by atoms with Crippen molar-refractivity contribution in [3.63, 3.8) is 0 Å². The molecule has 0 unspecified atom stereocenters. The summed E-state index contributed by atoms with van der Waals surface area (Å²) in [5, 5.41) is 11.5. The van der Waals surface area contributed by atoms with Crippen LogP contribution in [0.2, 0.25) is 0 Å². The van der Waals surface area contributed by atoms with Crippen molar-refractivity contribution in [2.75, 3.05) is 44.3 Å². The molecular weight excluding hydrogens is 192 g/mol. The van der Waals surface area contributed by atoms with E-state index in [1.165, 1.54) is 0 Å². The topological polar surface area (TPSA) is 44.7 Å². The molecule has 15 heavy (non-hydrogen) atoms. The van der Waals surface area contributed by atoms with Crippen LogP contribution in [-0.4, -0.2) is 39.1 Å². The van der Waals surface area contributed by atoms with Gasteiger partial charge in [-0.2, -0.15) is 0 Å². The second kappa shape index (κ2) is 6.27. The molecule has 0 radical (unpaired) electrons. The Kier molecular flexibility index (Phi) is 4.93. The molecule has 0 saturated heterocycles. The van der Waals surface area contributed by atoms with E-state index in [9.17, 15) is 0 Å². The Hall–Kier alpha value is -1.26. The van der Waals surface area contributed by atoms with E-state index in [2.05, 4.69) is 10.2 Å². The zero-order valence-corrected chi connectivity index (χ0v) is 9.23. The largest absolute Gasteiger partial charge is 0.388 e. The summed E-state index contributed by atoms with van der Waals surface area (Å²) in [5.74, 6) is 0. The third-order valence-electron chi connectivity index (χ3n) is 2.26. The monoisotopic (exact) mass is 210 g/mol. The van der Waals surface area contributed by atoms with Gasteiger partial charge in [0.15, 0.2) is 0 Å². The number of ether oxygens (including phenoxy) is 1. The fraction of sp³-hybridized carbons (Fsp3) is 0.455. The van der Waals surface area contributed by atoms with Gasteiger partial charge in [-0.1, -0.05) is 0 Å². The molecular formula is C11H18N2O2. The molecule has 0 aliphatic heterocycles. The van der Waals surface area contributed by atoms with E-state index in [1.807, 2.05) is 38.4 Å². The van der Waals surface area contributed by atoms with Gasteiger partial charge >= 0.3 is 0 Å². The summed E-state index contributed by atoms with van der Waals surface area (Å²) < 4.78 is 4.87. The van der Waals surface area contributed by atoms with Crippen LogP contribution < -0.4 is 10.2 Å². The first kappa shape index (κ1) is 11.8. The van der Waals surface area contributed by atoms with Gasteiger partial charge in [-0.25, -0.2) is 0 Å². The van der Waals surface area contributed by atoms with Gasteiger partial charge < -0.3 is 20.1 Å². The van der Waals surface area contributed by atoms with Gasteiger partial charge in [0.2, 0.25) is 0 Å². The third-order valence-corrected chi connectivity index (χ3v) is 2.26. The van der Waals surface area contributed by atoms with E-state index in [-0.39, 0.29) is 6.79 Å². The minimum absolute atomic E-state index is 0.216. The standard InChI is InChI=1S/C11H18N2O2/c1-12-10-3-5-11(6-4-10)13(2)7-8-15-9-14/h3-6,12,14H,7-9H2,1-2H3.